The number of ether oxygens (including phenoxy) is 1. The van der Waals surface area contributed by atoms with Gasteiger partial charge in [0.15, 0.2) is 0 Å². The van der Waals surface area contributed by atoms with Gasteiger partial charge in [0.05, 0.1) is 12.7 Å². The van der Waals surface area contributed by atoms with E-state index >= 15 is 0 Å². The molecule has 3 fully saturated rings. The minimum atomic E-state index is 0.218. The SMILES string of the molecule is O=C(CC1CC2CCC(C1)N2)NCCOC1CCCCCC1. The van der Waals surface area contributed by atoms with Gasteiger partial charge in [-0.05, 0) is 44.4 Å². The highest BCUT2D eigenvalue weighted by Crippen LogP contribution is 2.32. The largest absolute Gasteiger partial charge is 0.376 e. The third-order valence-corrected chi connectivity index (χ3v) is 5.62. The minimum absolute atomic E-state index is 0.218. The Morgan fingerprint density at radius 2 is 1.68 bits per heavy atom. The first-order chi connectivity index (χ1) is 10.8. The maximum absolute atomic E-state index is 12.1. The molecule has 0 aromatic rings. The molecule has 22 heavy (non-hydrogen) atoms. The highest BCUT2D eigenvalue weighted by Gasteiger charge is 2.34. The number of nitrogens with one attached hydrogen (secondary N) is 2. The summed E-state index contributed by atoms with van der Waals surface area (Å²) in [5, 5.41) is 6.69. The van der Waals surface area contributed by atoms with E-state index in [1.54, 1.807) is 0 Å². The van der Waals surface area contributed by atoms with Crippen LogP contribution in [0.3, 0.4) is 0 Å². The van der Waals surface area contributed by atoms with E-state index in [9.17, 15) is 4.79 Å². The number of carbonyl (C=O) groups excluding carboxylic acids is 1. The van der Waals surface area contributed by atoms with Gasteiger partial charge in [-0.25, -0.2) is 0 Å². The summed E-state index contributed by atoms with van der Waals surface area (Å²) in [5.74, 6) is 0.803. The summed E-state index contributed by atoms with van der Waals surface area (Å²) >= 11 is 0. The van der Waals surface area contributed by atoms with Crippen molar-refractivity contribution in [3.8, 4) is 0 Å². The smallest absolute Gasteiger partial charge is 0.220 e. The number of rotatable bonds is 6. The zero-order chi connectivity index (χ0) is 15.2. The topological polar surface area (TPSA) is 50.4 Å². The lowest BCUT2D eigenvalue weighted by Crippen LogP contribution is -2.40. The van der Waals surface area contributed by atoms with Gasteiger partial charge in [0.25, 0.3) is 0 Å². The van der Waals surface area contributed by atoms with Gasteiger partial charge < -0.3 is 15.4 Å². The molecule has 2 aliphatic heterocycles. The average molecular weight is 308 g/mol. The molecule has 126 valence electrons. The van der Waals surface area contributed by atoms with Crippen LogP contribution in [0.15, 0.2) is 0 Å². The van der Waals surface area contributed by atoms with Crippen molar-refractivity contribution in [3.63, 3.8) is 0 Å². The Balaban J connectivity index is 1.26. The molecule has 2 unspecified atom stereocenters. The Labute approximate surface area is 134 Å². The molecule has 0 aromatic carbocycles. The van der Waals surface area contributed by atoms with Gasteiger partial charge in [0, 0.05) is 25.0 Å². The summed E-state index contributed by atoms with van der Waals surface area (Å²) in [5.41, 5.74) is 0. The third kappa shape index (κ3) is 4.95. The molecule has 4 nitrogen and oxygen atoms in total. The zero-order valence-electron chi connectivity index (χ0n) is 13.8. The molecular weight excluding hydrogens is 276 g/mol. The van der Waals surface area contributed by atoms with E-state index in [1.807, 2.05) is 0 Å². The van der Waals surface area contributed by atoms with Gasteiger partial charge >= 0.3 is 0 Å². The van der Waals surface area contributed by atoms with Gasteiger partial charge in [-0.1, -0.05) is 25.7 Å². The van der Waals surface area contributed by atoms with Crippen LogP contribution in [0.4, 0.5) is 0 Å². The Morgan fingerprint density at radius 3 is 2.36 bits per heavy atom. The van der Waals surface area contributed by atoms with Gasteiger partial charge in [0.2, 0.25) is 5.91 Å². The highest BCUT2D eigenvalue weighted by atomic mass is 16.5. The molecule has 0 radical (unpaired) electrons. The van der Waals surface area contributed by atoms with E-state index < -0.39 is 0 Å². The second-order valence-electron chi connectivity index (χ2n) is 7.51. The number of hydrogen-bond donors (Lipinski definition) is 2. The fourth-order valence-electron chi connectivity index (χ4n) is 4.50. The van der Waals surface area contributed by atoms with Crippen molar-refractivity contribution in [1.29, 1.82) is 0 Å². The molecule has 2 bridgehead atoms. The molecule has 0 spiro atoms. The Morgan fingerprint density at radius 1 is 1.00 bits per heavy atom. The standard InChI is InChI=1S/C18H32N2O2/c21-18(13-14-11-15-7-8-16(12-14)20-15)19-9-10-22-17-5-3-1-2-4-6-17/h14-17,20H,1-13H2,(H,19,21). The van der Waals surface area contributed by atoms with Crippen LogP contribution >= 0.6 is 0 Å². The zero-order valence-corrected chi connectivity index (χ0v) is 13.8. The van der Waals surface area contributed by atoms with Crippen molar-refractivity contribution < 1.29 is 9.53 Å². The number of amides is 1. The first-order valence-corrected chi connectivity index (χ1v) is 9.44. The van der Waals surface area contributed by atoms with Crippen molar-refractivity contribution in [3.05, 3.63) is 0 Å². The average Bonchev–Trinajstić information content (AvgIpc) is 2.72. The predicted molar refractivity (Wildman–Crippen MR) is 87.7 cm³/mol. The van der Waals surface area contributed by atoms with Crippen LogP contribution in [0.1, 0.15) is 70.6 Å². The Kier molecular flexibility index (Phi) is 6.13. The fraction of sp³-hybridized carbons (Fsp3) is 0.944. The van der Waals surface area contributed by atoms with Crippen LogP contribution in [0.25, 0.3) is 0 Å². The lowest BCUT2D eigenvalue weighted by Gasteiger charge is -2.28. The van der Waals surface area contributed by atoms with E-state index in [-0.39, 0.29) is 5.91 Å². The summed E-state index contributed by atoms with van der Waals surface area (Å²) in [6.07, 6.45) is 13.8. The molecule has 2 saturated heterocycles. The van der Waals surface area contributed by atoms with Crippen molar-refractivity contribution in [2.75, 3.05) is 13.2 Å². The lowest BCUT2D eigenvalue weighted by atomic mass is 9.89. The lowest BCUT2D eigenvalue weighted by molar-refractivity contribution is -0.122. The van der Waals surface area contributed by atoms with E-state index in [0.717, 1.165) is 0 Å². The highest BCUT2D eigenvalue weighted by molar-refractivity contribution is 5.76. The molecule has 1 saturated carbocycles. The molecule has 0 aromatic heterocycles. The Bertz CT molecular complexity index is 341. The summed E-state index contributed by atoms with van der Waals surface area (Å²) in [6, 6.07) is 1.35. The molecule has 1 amide bonds. The summed E-state index contributed by atoms with van der Waals surface area (Å²) in [6.45, 7) is 1.35. The number of piperidine rings is 1. The summed E-state index contributed by atoms with van der Waals surface area (Å²) in [4.78, 5) is 12.1. The van der Waals surface area contributed by atoms with E-state index in [2.05, 4.69) is 10.6 Å². The summed E-state index contributed by atoms with van der Waals surface area (Å²) in [7, 11) is 0. The molecule has 4 heteroatoms. The van der Waals surface area contributed by atoms with E-state index in [1.165, 1.54) is 64.2 Å². The van der Waals surface area contributed by atoms with Crippen LogP contribution < -0.4 is 10.6 Å². The summed E-state index contributed by atoms with van der Waals surface area (Å²) < 4.78 is 5.92. The van der Waals surface area contributed by atoms with Gasteiger partial charge in [-0.2, -0.15) is 0 Å². The van der Waals surface area contributed by atoms with E-state index in [0.29, 0.717) is 43.7 Å². The number of carbonyl (C=O) groups is 1. The molecule has 2 atom stereocenters. The minimum Gasteiger partial charge on any atom is -0.376 e. The van der Waals surface area contributed by atoms with Crippen LogP contribution in [0.2, 0.25) is 0 Å². The maximum Gasteiger partial charge on any atom is 0.220 e. The normalized spacial score (nSPS) is 32.6. The van der Waals surface area contributed by atoms with Gasteiger partial charge in [-0.3, -0.25) is 4.79 Å². The van der Waals surface area contributed by atoms with Crippen molar-refractivity contribution in [2.45, 2.75) is 88.8 Å². The van der Waals surface area contributed by atoms with Crippen molar-refractivity contribution in [2.24, 2.45) is 5.92 Å². The quantitative estimate of drug-likeness (QED) is 0.586. The van der Waals surface area contributed by atoms with Crippen LogP contribution in [0, 0.1) is 5.92 Å². The second-order valence-corrected chi connectivity index (χ2v) is 7.51. The van der Waals surface area contributed by atoms with E-state index in [4.69, 9.17) is 4.74 Å². The van der Waals surface area contributed by atoms with Crippen LogP contribution in [-0.4, -0.2) is 37.2 Å². The molecule has 2 N–H and O–H groups in total. The molecule has 1 aliphatic carbocycles. The van der Waals surface area contributed by atoms with Gasteiger partial charge in [0.1, 0.15) is 0 Å². The fourth-order valence-corrected chi connectivity index (χ4v) is 4.50. The molecular formula is C18H32N2O2. The Hall–Kier alpha value is -0.610. The number of fused-ring (bicyclic) bond motifs is 2. The predicted octanol–water partition coefficient (Wildman–Crippen LogP) is 2.76. The number of hydrogen-bond acceptors (Lipinski definition) is 3. The second kappa shape index (κ2) is 8.30. The first-order valence-electron chi connectivity index (χ1n) is 9.44. The van der Waals surface area contributed by atoms with Gasteiger partial charge in [-0.15, -0.1) is 0 Å². The molecule has 3 rings (SSSR count). The molecule has 2 heterocycles. The maximum atomic E-state index is 12.1. The monoisotopic (exact) mass is 308 g/mol. The van der Waals surface area contributed by atoms with Crippen molar-refractivity contribution in [1.82, 2.24) is 10.6 Å². The third-order valence-electron chi connectivity index (χ3n) is 5.62. The van der Waals surface area contributed by atoms with Crippen LogP contribution in [-0.2, 0) is 9.53 Å². The molecule has 3 aliphatic rings. The van der Waals surface area contributed by atoms with Crippen LogP contribution in [0.5, 0.6) is 0 Å². The first kappa shape index (κ1) is 16.3. The van der Waals surface area contributed by atoms with Crippen molar-refractivity contribution >= 4 is 5.91 Å².